The summed E-state index contributed by atoms with van der Waals surface area (Å²) in [5, 5.41) is 9.68. The predicted octanol–water partition coefficient (Wildman–Crippen LogP) is 2.35. The van der Waals surface area contributed by atoms with Crippen molar-refractivity contribution in [2.24, 2.45) is 0 Å². The van der Waals surface area contributed by atoms with Crippen LogP contribution in [0.2, 0.25) is 5.02 Å². The van der Waals surface area contributed by atoms with Crippen molar-refractivity contribution < 1.29 is 4.79 Å². The van der Waals surface area contributed by atoms with Crippen molar-refractivity contribution in [3.8, 4) is 0 Å². The lowest BCUT2D eigenvalue weighted by Crippen LogP contribution is -2.24. The van der Waals surface area contributed by atoms with Crippen molar-refractivity contribution in [3.63, 3.8) is 0 Å². The van der Waals surface area contributed by atoms with Crippen LogP contribution in [-0.2, 0) is 6.54 Å². The average Bonchev–Trinajstić information content (AvgIpc) is 3.08. The maximum absolute atomic E-state index is 13.0. The van der Waals surface area contributed by atoms with Crippen LogP contribution in [0.25, 0.3) is 21.8 Å². The molecule has 8 heteroatoms. The third-order valence-corrected chi connectivity index (χ3v) is 4.44. The molecule has 2 aromatic carbocycles. The van der Waals surface area contributed by atoms with Gasteiger partial charge in [-0.25, -0.2) is 0 Å². The van der Waals surface area contributed by atoms with Crippen LogP contribution in [0.4, 0.5) is 0 Å². The maximum Gasteiger partial charge on any atom is 0.274 e. The number of benzene rings is 2. The molecule has 27 heavy (non-hydrogen) atoms. The summed E-state index contributed by atoms with van der Waals surface area (Å²) in [5.74, 6) is -0.546. The molecule has 7 nitrogen and oxygen atoms in total. The molecule has 1 amide bonds. The van der Waals surface area contributed by atoms with Gasteiger partial charge in [0.05, 0.1) is 10.9 Å². The zero-order valence-electron chi connectivity index (χ0n) is 13.9. The topological polar surface area (TPSA) is 108 Å². The first-order chi connectivity index (χ1) is 13.0. The number of carbonyl (C=O) groups excluding carboxylic acids is 1. The van der Waals surface area contributed by atoms with Crippen LogP contribution >= 0.6 is 11.6 Å². The zero-order valence-corrected chi connectivity index (χ0v) is 14.6. The van der Waals surface area contributed by atoms with E-state index in [0.29, 0.717) is 5.02 Å². The fourth-order valence-electron chi connectivity index (χ4n) is 2.89. The summed E-state index contributed by atoms with van der Waals surface area (Å²) in [4.78, 5) is 40.6. The first-order valence-electron chi connectivity index (χ1n) is 8.10. The van der Waals surface area contributed by atoms with E-state index < -0.39 is 16.9 Å². The third kappa shape index (κ3) is 3.09. The monoisotopic (exact) mass is 380 g/mol. The number of carbonyl (C=O) groups is 1. The highest BCUT2D eigenvalue weighted by atomic mass is 35.5. The first-order valence-corrected chi connectivity index (χ1v) is 8.48. The number of amides is 1. The standard InChI is InChI=1S/C19H13ClN4O3/c20-11-6-7-12-13(8-11)22-19(27)16-14(17(12)25)15(23-24-16)18(26)21-9-10-4-2-1-3-5-10/h1-8H,9H2,(H,21,26)(H,22,27)(H,23,24). The summed E-state index contributed by atoms with van der Waals surface area (Å²) in [5.41, 5.74) is -0.0297. The second-order valence-electron chi connectivity index (χ2n) is 5.96. The van der Waals surface area contributed by atoms with Crippen molar-refractivity contribution >= 4 is 39.3 Å². The number of nitrogens with one attached hydrogen (secondary N) is 3. The Hall–Kier alpha value is -3.45. The summed E-state index contributed by atoms with van der Waals surface area (Å²) in [6.07, 6.45) is 0. The van der Waals surface area contributed by atoms with Crippen LogP contribution in [0.1, 0.15) is 16.1 Å². The SMILES string of the molecule is O=C(NCc1ccccc1)c1n[nH]c2c(=O)[nH]c3cc(Cl)ccc3c(=O)c12. The molecule has 4 rings (SSSR count). The summed E-state index contributed by atoms with van der Waals surface area (Å²) in [6, 6.07) is 13.9. The van der Waals surface area contributed by atoms with Crippen LogP contribution < -0.4 is 16.3 Å². The fourth-order valence-corrected chi connectivity index (χ4v) is 3.06. The minimum absolute atomic E-state index is 0.0564. The van der Waals surface area contributed by atoms with Crippen LogP contribution in [0.3, 0.4) is 0 Å². The Bertz CT molecular complexity index is 1300. The normalized spacial score (nSPS) is 11.0. The summed E-state index contributed by atoms with van der Waals surface area (Å²) >= 11 is 5.94. The van der Waals surface area contributed by atoms with E-state index in [2.05, 4.69) is 20.5 Å². The van der Waals surface area contributed by atoms with E-state index in [0.717, 1.165) is 5.56 Å². The van der Waals surface area contributed by atoms with Crippen molar-refractivity contribution in [2.75, 3.05) is 0 Å². The number of H-pyrrole nitrogens is 2. The minimum Gasteiger partial charge on any atom is -0.347 e. The van der Waals surface area contributed by atoms with E-state index in [1.54, 1.807) is 6.07 Å². The summed E-state index contributed by atoms with van der Waals surface area (Å²) in [7, 11) is 0. The number of halogens is 1. The molecule has 3 N–H and O–H groups in total. The molecule has 0 atom stereocenters. The lowest BCUT2D eigenvalue weighted by Gasteiger charge is -2.03. The molecule has 0 aliphatic heterocycles. The van der Waals surface area contributed by atoms with Gasteiger partial charge in [0.2, 0.25) is 0 Å². The molecule has 4 aromatic rings. The highest BCUT2D eigenvalue weighted by Gasteiger charge is 2.19. The third-order valence-electron chi connectivity index (χ3n) is 4.21. The van der Waals surface area contributed by atoms with Gasteiger partial charge in [-0.3, -0.25) is 19.5 Å². The van der Waals surface area contributed by atoms with Crippen molar-refractivity contribution in [3.05, 3.63) is 85.4 Å². The van der Waals surface area contributed by atoms with Crippen molar-refractivity contribution in [2.45, 2.75) is 6.54 Å². The smallest absolute Gasteiger partial charge is 0.274 e. The molecule has 2 heterocycles. The molecule has 0 bridgehead atoms. The van der Waals surface area contributed by atoms with Gasteiger partial charge in [0.1, 0.15) is 5.52 Å². The zero-order chi connectivity index (χ0) is 19.0. The molecule has 0 aliphatic carbocycles. The second kappa shape index (κ2) is 6.69. The summed E-state index contributed by atoms with van der Waals surface area (Å²) in [6.45, 7) is 0.272. The van der Waals surface area contributed by atoms with Gasteiger partial charge in [-0.05, 0) is 23.8 Å². The van der Waals surface area contributed by atoms with Gasteiger partial charge in [0.15, 0.2) is 11.1 Å². The van der Waals surface area contributed by atoms with Gasteiger partial charge < -0.3 is 10.3 Å². The lowest BCUT2D eigenvalue weighted by atomic mass is 10.1. The Kier molecular flexibility index (Phi) is 4.21. The van der Waals surface area contributed by atoms with Gasteiger partial charge in [0.25, 0.3) is 11.5 Å². The predicted molar refractivity (Wildman–Crippen MR) is 103 cm³/mol. The molecule has 0 saturated carbocycles. The Balaban J connectivity index is 1.85. The molecule has 2 aromatic heterocycles. The van der Waals surface area contributed by atoms with E-state index in [1.807, 2.05) is 30.3 Å². The second-order valence-corrected chi connectivity index (χ2v) is 6.40. The van der Waals surface area contributed by atoms with E-state index >= 15 is 0 Å². The number of aromatic amines is 2. The molecule has 0 unspecified atom stereocenters. The molecular formula is C19H13ClN4O3. The average molecular weight is 381 g/mol. The van der Waals surface area contributed by atoms with Gasteiger partial charge in [0, 0.05) is 17.0 Å². The molecule has 134 valence electrons. The van der Waals surface area contributed by atoms with Gasteiger partial charge in [-0.15, -0.1) is 0 Å². The quantitative estimate of drug-likeness (QED) is 0.507. The van der Waals surface area contributed by atoms with E-state index in [1.165, 1.54) is 12.1 Å². The van der Waals surface area contributed by atoms with Gasteiger partial charge >= 0.3 is 0 Å². The fraction of sp³-hybridized carbons (Fsp3) is 0.0526. The highest BCUT2D eigenvalue weighted by molar-refractivity contribution is 6.31. The number of fused-ring (bicyclic) bond motifs is 2. The van der Waals surface area contributed by atoms with Crippen molar-refractivity contribution in [1.29, 1.82) is 0 Å². The largest absolute Gasteiger partial charge is 0.347 e. The number of rotatable bonds is 3. The molecule has 0 spiro atoms. The molecule has 0 radical (unpaired) electrons. The number of nitrogens with zero attached hydrogens (tertiary/aromatic N) is 1. The molecule has 0 aliphatic rings. The number of hydrogen-bond acceptors (Lipinski definition) is 4. The van der Waals surface area contributed by atoms with Gasteiger partial charge in [-0.1, -0.05) is 41.9 Å². The minimum atomic E-state index is -0.561. The Morgan fingerprint density at radius 3 is 2.67 bits per heavy atom. The number of hydrogen-bond donors (Lipinski definition) is 3. The Morgan fingerprint density at radius 2 is 1.89 bits per heavy atom. The molecular weight excluding hydrogens is 368 g/mol. The van der Waals surface area contributed by atoms with Crippen LogP contribution in [0.5, 0.6) is 0 Å². The van der Waals surface area contributed by atoms with Crippen LogP contribution in [0, 0.1) is 0 Å². The molecule has 0 saturated heterocycles. The van der Waals surface area contributed by atoms with Crippen LogP contribution in [-0.4, -0.2) is 21.1 Å². The highest BCUT2D eigenvalue weighted by Crippen LogP contribution is 2.16. The Morgan fingerprint density at radius 1 is 1.11 bits per heavy atom. The molecule has 0 fully saturated rings. The van der Waals surface area contributed by atoms with E-state index in [9.17, 15) is 14.4 Å². The van der Waals surface area contributed by atoms with E-state index in [-0.39, 0.29) is 34.0 Å². The lowest BCUT2D eigenvalue weighted by molar-refractivity contribution is 0.0947. The summed E-state index contributed by atoms with van der Waals surface area (Å²) < 4.78 is 0. The first kappa shape index (κ1) is 17.0. The van der Waals surface area contributed by atoms with Crippen LogP contribution in [0.15, 0.2) is 58.1 Å². The van der Waals surface area contributed by atoms with Gasteiger partial charge in [-0.2, -0.15) is 5.10 Å². The Labute approximate surface area is 157 Å². The van der Waals surface area contributed by atoms with E-state index in [4.69, 9.17) is 11.6 Å². The maximum atomic E-state index is 13.0. The van der Waals surface area contributed by atoms with Crippen molar-refractivity contribution in [1.82, 2.24) is 20.5 Å². The number of aromatic nitrogens is 3.